The second-order valence-electron chi connectivity index (χ2n) is 8.46. The van der Waals surface area contributed by atoms with Gasteiger partial charge in [-0.3, -0.25) is 9.78 Å². The maximum atomic E-state index is 13.0. The molecule has 34 heavy (non-hydrogen) atoms. The number of hydrogen-bond acceptors (Lipinski definition) is 4. The van der Waals surface area contributed by atoms with Crippen LogP contribution in [0, 0.1) is 0 Å². The minimum absolute atomic E-state index is 0.0400. The summed E-state index contributed by atoms with van der Waals surface area (Å²) in [4.78, 5) is 28.7. The molecular formula is C29H26N4O. The zero-order valence-electron chi connectivity index (χ0n) is 18.9. The van der Waals surface area contributed by atoms with Crippen LogP contribution in [0.5, 0.6) is 0 Å². The van der Waals surface area contributed by atoms with Gasteiger partial charge in [0.1, 0.15) is 0 Å². The van der Waals surface area contributed by atoms with Crippen LogP contribution >= 0.6 is 0 Å². The summed E-state index contributed by atoms with van der Waals surface area (Å²) in [5.74, 6) is 0.865. The van der Waals surface area contributed by atoms with Crippen molar-refractivity contribution in [2.75, 3.05) is 13.1 Å². The van der Waals surface area contributed by atoms with Crippen molar-refractivity contribution in [3.05, 3.63) is 109 Å². The Morgan fingerprint density at radius 1 is 0.912 bits per heavy atom. The fourth-order valence-electron chi connectivity index (χ4n) is 4.42. The normalized spacial score (nSPS) is 16.0. The summed E-state index contributed by atoms with van der Waals surface area (Å²) in [6.07, 6.45) is 10.9. The van der Waals surface area contributed by atoms with E-state index in [4.69, 9.17) is 4.98 Å². The highest BCUT2D eigenvalue weighted by Crippen LogP contribution is 2.34. The third kappa shape index (κ3) is 4.94. The summed E-state index contributed by atoms with van der Waals surface area (Å²) >= 11 is 0. The molecule has 0 aliphatic carbocycles. The molecule has 1 atom stereocenters. The quantitative estimate of drug-likeness (QED) is 0.373. The Bertz CT molecular complexity index is 1270. The van der Waals surface area contributed by atoms with Crippen molar-refractivity contribution in [1.82, 2.24) is 19.9 Å². The first-order chi connectivity index (χ1) is 16.8. The van der Waals surface area contributed by atoms with Gasteiger partial charge >= 0.3 is 0 Å². The lowest BCUT2D eigenvalue weighted by Gasteiger charge is -2.32. The van der Waals surface area contributed by atoms with Crippen molar-refractivity contribution in [2.24, 2.45) is 0 Å². The van der Waals surface area contributed by atoms with Gasteiger partial charge in [-0.25, -0.2) is 9.97 Å². The van der Waals surface area contributed by atoms with Gasteiger partial charge in [0.2, 0.25) is 5.91 Å². The van der Waals surface area contributed by atoms with Gasteiger partial charge in [-0.15, -0.1) is 0 Å². The third-order valence-corrected chi connectivity index (χ3v) is 6.18. The number of nitrogens with zero attached hydrogens (tertiary/aromatic N) is 4. The smallest absolute Gasteiger partial charge is 0.246 e. The van der Waals surface area contributed by atoms with Crippen LogP contribution in [0.3, 0.4) is 0 Å². The molecule has 2 aromatic carbocycles. The summed E-state index contributed by atoms with van der Waals surface area (Å²) in [6.45, 7) is 1.40. The topological polar surface area (TPSA) is 59.0 Å². The van der Waals surface area contributed by atoms with E-state index in [1.165, 1.54) is 0 Å². The van der Waals surface area contributed by atoms with E-state index in [1.807, 2.05) is 77.8 Å². The molecule has 1 saturated heterocycles. The number of rotatable bonds is 5. The van der Waals surface area contributed by atoms with Gasteiger partial charge in [0.15, 0.2) is 5.82 Å². The van der Waals surface area contributed by atoms with Crippen LogP contribution in [0.15, 0.2) is 97.5 Å². The lowest BCUT2D eigenvalue weighted by molar-refractivity contribution is -0.127. The number of carbonyl (C=O) groups excluding carboxylic acids is 1. The molecule has 1 amide bonds. The summed E-state index contributed by atoms with van der Waals surface area (Å²) in [5.41, 5.74) is 5.07. The van der Waals surface area contributed by atoms with Crippen LogP contribution in [0.4, 0.5) is 0 Å². The molecule has 3 heterocycles. The number of likely N-dealkylation sites (tertiary alicyclic amines) is 1. The van der Waals surface area contributed by atoms with Gasteiger partial charge in [-0.1, -0.05) is 60.7 Å². The van der Waals surface area contributed by atoms with Crippen LogP contribution in [0.1, 0.15) is 30.0 Å². The van der Waals surface area contributed by atoms with Crippen molar-refractivity contribution in [3.8, 4) is 22.5 Å². The molecule has 1 fully saturated rings. The highest BCUT2D eigenvalue weighted by molar-refractivity contribution is 5.92. The minimum Gasteiger partial charge on any atom is -0.338 e. The molecule has 5 nitrogen and oxygen atoms in total. The van der Waals surface area contributed by atoms with Gasteiger partial charge in [-0.05, 0) is 42.2 Å². The van der Waals surface area contributed by atoms with Crippen molar-refractivity contribution < 1.29 is 4.79 Å². The first kappa shape index (κ1) is 21.7. The Hall–Kier alpha value is -4.12. The second kappa shape index (κ2) is 10.2. The highest BCUT2D eigenvalue weighted by atomic mass is 16.2. The second-order valence-corrected chi connectivity index (χ2v) is 8.46. The van der Waals surface area contributed by atoms with Crippen LogP contribution in [-0.2, 0) is 4.79 Å². The monoisotopic (exact) mass is 446 g/mol. The Labute approximate surface area is 199 Å². The van der Waals surface area contributed by atoms with Gasteiger partial charge < -0.3 is 4.90 Å². The average Bonchev–Trinajstić information content (AvgIpc) is 2.93. The molecule has 1 unspecified atom stereocenters. The third-order valence-electron chi connectivity index (χ3n) is 6.18. The lowest BCUT2D eigenvalue weighted by atomic mass is 9.89. The van der Waals surface area contributed by atoms with E-state index in [0.29, 0.717) is 12.4 Å². The Morgan fingerprint density at radius 3 is 2.41 bits per heavy atom. The van der Waals surface area contributed by atoms with E-state index < -0.39 is 0 Å². The van der Waals surface area contributed by atoms with Crippen molar-refractivity contribution in [3.63, 3.8) is 0 Å². The van der Waals surface area contributed by atoms with Gasteiger partial charge in [0.25, 0.3) is 0 Å². The fourth-order valence-corrected chi connectivity index (χ4v) is 4.42. The zero-order chi connectivity index (χ0) is 23.2. The molecule has 2 aromatic heterocycles. The molecule has 1 aliphatic heterocycles. The van der Waals surface area contributed by atoms with E-state index in [0.717, 1.165) is 47.3 Å². The van der Waals surface area contributed by atoms with Crippen molar-refractivity contribution in [2.45, 2.75) is 18.8 Å². The summed E-state index contributed by atoms with van der Waals surface area (Å²) < 4.78 is 0. The van der Waals surface area contributed by atoms with E-state index in [9.17, 15) is 4.79 Å². The minimum atomic E-state index is 0.0400. The Morgan fingerprint density at radius 2 is 1.65 bits per heavy atom. The maximum absolute atomic E-state index is 13.0. The van der Waals surface area contributed by atoms with Crippen LogP contribution in [0.2, 0.25) is 0 Å². The first-order valence-electron chi connectivity index (χ1n) is 11.6. The molecule has 0 bridgehead atoms. The molecule has 5 rings (SSSR count). The number of aromatic nitrogens is 3. The van der Waals surface area contributed by atoms with Crippen molar-refractivity contribution >= 4 is 12.0 Å². The number of amides is 1. The molecule has 0 N–H and O–H groups in total. The Balaban J connectivity index is 1.45. The number of benzene rings is 2. The van der Waals surface area contributed by atoms with E-state index >= 15 is 0 Å². The highest BCUT2D eigenvalue weighted by Gasteiger charge is 2.27. The zero-order valence-corrected chi connectivity index (χ0v) is 18.9. The predicted molar refractivity (Wildman–Crippen MR) is 135 cm³/mol. The summed E-state index contributed by atoms with van der Waals surface area (Å²) in [5, 5.41) is 0. The molecule has 0 saturated carbocycles. The number of piperidine rings is 1. The Kier molecular flexibility index (Phi) is 6.52. The largest absolute Gasteiger partial charge is 0.338 e. The number of pyridine rings is 1. The summed E-state index contributed by atoms with van der Waals surface area (Å²) in [7, 11) is 0. The maximum Gasteiger partial charge on any atom is 0.246 e. The molecule has 168 valence electrons. The fraction of sp³-hybridized carbons (Fsp3) is 0.172. The SMILES string of the molecule is O=C(/C=C/c1ccccc1)N1CCCC(c2nc(-c3ccncc3)ncc2-c2ccccc2)C1. The average molecular weight is 447 g/mol. The van der Waals surface area contributed by atoms with E-state index in [-0.39, 0.29) is 11.8 Å². The van der Waals surface area contributed by atoms with Crippen molar-refractivity contribution in [1.29, 1.82) is 0 Å². The lowest BCUT2D eigenvalue weighted by Crippen LogP contribution is -2.38. The van der Waals surface area contributed by atoms with Gasteiger partial charge in [-0.2, -0.15) is 0 Å². The van der Waals surface area contributed by atoms with Crippen LogP contribution in [-0.4, -0.2) is 38.8 Å². The predicted octanol–water partition coefficient (Wildman–Crippen LogP) is 5.63. The molecule has 0 radical (unpaired) electrons. The standard InChI is InChI=1S/C29H26N4O/c34-27(14-13-22-8-3-1-4-9-22)33-19-7-12-25(21-33)28-26(23-10-5-2-6-11-23)20-31-29(32-28)24-15-17-30-18-16-24/h1-6,8-11,13-18,20,25H,7,12,19,21H2/b14-13+. The van der Waals surface area contributed by atoms with Gasteiger partial charge in [0, 0.05) is 54.8 Å². The van der Waals surface area contributed by atoms with Crippen LogP contribution in [0.25, 0.3) is 28.6 Å². The molecule has 4 aromatic rings. The van der Waals surface area contributed by atoms with Crippen LogP contribution < -0.4 is 0 Å². The number of carbonyl (C=O) groups is 1. The van der Waals surface area contributed by atoms with Gasteiger partial charge in [0.05, 0.1) is 5.69 Å². The molecule has 5 heteroatoms. The summed E-state index contributed by atoms with van der Waals surface area (Å²) in [6, 6.07) is 24.0. The van der Waals surface area contributed by atoms with E-state index in [2.05, 4.69) is 22.1 Å². The van der Waals surface area contributed by atoms with E-state index in [1.54, 1.807) is 18.5 Å². The molecular weight excluding hydrogens is 420 g/mol. The number of hydrogen-bond donors (Lipinski definition) is 0. The molecule has 0 spiro atoms. The molecule has 1 aliphatic rings. The first-order valence-corrected chi connectivity index (χ1v) is 11.6.